The second kappa shape index (κ2) is 4.90. The van der Waals surface area contributed by atoms with Gasteiger partial charge in [-0.15, -0.1) is 0 Å². The average Bonchev–Trinajstić information content (AvgIpc) is 2.92. The largest absolute Gasteiger partial charge is 0.374 e. The molecule has 1 aliphatic rings. The van der Waals surface area contributed by atoms with Crippen molar-refractivity contribution in [2.45, 2.75) is 33.0 Å². The summed E-state index contributed by atoms with van der Waals surface area (Å²) in [7, 11) is 0. The molecule has 2 N–H and O–H groups in total. The second-order valence-electron chi connectivity index (χ2n) is 5.54. The van der Waals surface area contributed by atoms with Crippen LogP contribution in [0.5, 0.6) is 0 Å². The average molecular weight is 273 g/mol. The number of nitrogens with zero attached hydrogens (tertiary/aromatic N) is 1. The Kier molecular flexibility index (Phi) is 3.22. The number of H-pyrrole nitrogens is 1. The molecule has 0 bridgehead atoms. The molecule has 2 aromatic rings. The molecule has 1 aromatic carbocycles. The molecule has 3 rings (SSSR count). The molecule has 1 aromatic heterocycles. The van der Waals surface area contributed by atoms with Gasteiger partial charge in [0.15, 0.2) is 5.82 Å². The predicted molar refractivity (Wildman–Crippen MR) is 77.4 cm³/mol. The van der Waals surface area contributed by atoms with Gasteiger partial charge < -0.3 is 10.1 Å². The summed E-state index contributed by atoms with van der Waals surface area (Å²) in [5.74, 6) is 0.631. The van der Waals surface area contributed by atoms with Gasteiger partial charge in [-0.3, -0.25) is 9.89 Å². The molecule has 1 fully saturated rings. The Morgan fingerprint density at radius 1 is 1.25 bits per heavy atom. The van der Waals surface area contributed by atoms with E-state index in [4.69, 9.17) is 4.74 Å². The van der Waals surface area contributed by atoms with Crippen molar-refractivity contribution < 1.29 is 9.53 Å². The van der Waals surface area contributed by atoms with Crippen molar-refractivity contribution in [3.8, 4) is 0 Å². The summed E-state index contributed by atoms with van der Waals surface area (Å²) >= 11 is 0. The van der Waals surface area contributed by atoms with Crippen LogP contribution >= 0.6 is 0 Å². The molecular weight excluding hydrogens is 254 g/mol. The van der Waals surface area contributed by atoms with Crippen LogP contribution < -0.4 is 5.32 Å². The summed E-state index contributed by atoms with van der Waals surface area (Å²) in [5.41, 5.74) is 0.917. The normalized spacial score (nSPS) is 29.8. The number of anilines is 1. The second-order valence-corrected chi connectivity index (χ2v) is 5.54. The van der Waals surface area contributed by atoms with Crippen LogP contribution in [0.1, 0.15) is 20.8 Å². The molecule has 0 spiro atoms. The summed E-state index contributed by atoms with van der Waals surface area (Å²) in [5, 5.41) is 10.9. The lowest BCUT2D eigenvalue weighted by molar-refractivity contribution is -0.121. The number of fused-ring (bicyclic) bond motifs is 1. The van der Waals surface area contributed by atoms with Gasteiger partial charge in [0.05, 0.1) is 23.6 Å². The number of hydrogen-bond donors (Lipinski definition) is 2. The van der Waals surface area contributed by atoms with Crippen molar-refractivity contribution in [1.29, 1.82) is 0 Å². The van der Waals surface area contributed by atoms with Crippen LogP contribution in [-0.2, 0) is 9.53 Å². The van der Waals surface area contributed by atoms with Crippen LogP contribution in [0.3, 0.4) is 0 Å². The molecule has 5 heteroatoms. The molecule has 2 heterocycles. The van der Waals surface area contributed by atoms with Crippen LogP contribution in [0.4, 0.5) is 5.82 Å². The number of amides is 1. The summed E-state index contributed by atoms with van der Waals surface area (Å²) in [6.07, 6.45) is 0.0434. The quantitative estimate of drug-likeness (QED) is 0.883. The highest BCUT2D eigenvalue weighted by atomic mass is 16.5. The summed E-state index contributed by atoms with van der Waals surface area (Å²) in [4.78, 5) is 12.5. The fraction of sp³-hybridized carbons (Fsp3) is 0.467. The van der Waals surface area contributed by atoms with E-state index in [1.165, 1.54) is 0 Å². The molecule has 4 unspecified atom stereocenters. The van der Waals surface area contributed by atoms with E-state index in [0.717, 1.165) is 10.9 Å². The highest BCUT2D eigenvalue weighted by Gasteiger charge is 2.41. The summed E-state index contributed by atoms with van der Waals surface area (Å²) < 4.78 is 5.72. The van der Waals surface area contributed by atoms with Crippen LogP contribution in [-0.4, -0.2) is 28.3 Å². The number of ether oxygens (including phenoxy) is 1. The van der Waals surface area contributed by atoms with Crippen LogP contribution in [0, 0.1) is 11.8 Å². The SMILES string of the molecule is CC1OC(C)C(C(=O)Nc2n[nH]c3ccccc23)C1C. The lowest BCUT2D eigenvalue weighted by Gasteiger charge is -2.17. The van der Waals surface area contributed by atoms with Crippen molar-refractivity contribution in [1.82, 2.24) is 10.2 Å². The number of nitrogens with one attached hydrogen (secondary N) is 2. The van der Waals surface area contributed by atoms with Gasteiger partial charge >= 0.3 is 0 Å². The molecule has 20 heavy (non-hydrogen) atoms. The van der Waals surface area contributed by atoms with E-state index in [-0.39, 0.29) is 30.0 Å². The molecule has 1 aliphatic heterocycles. The third-order valence-corrected chi connectivity index (χ3v) is 4.26. The first kappa shape index (κ1) is 13.1. The number of benzene rings is 1. The van der Waals surface area contributed by atoms with E-state index in [2.05, 4.69) is 22.4 Å². The van der Waals surface area contributed by atoms with Gasteiger partial charge in [0.25, 0.3) is 0 Å². The van der Waals surface area contributed by atoms with E-state index < -0.39 is 0 Å². The Hall–Kier alpha value is -1.88. The smallest absolute Gasteiger partial charge is 0.231 e. The van der Waals surface area contributed by atoms with Crippen LogP contribution in [0.15, 0.2) is 24.3 Å². The summed E-state index contributed by atoms with van der Waals surface area (Å²) in [6, 6.07) is 7.74. The molecular formula is C15H19N3O2. The molecule has 0 saturated carbocycles. The zero-order valence-electron chi connectivity index (χ0n) is 11.9. The van der Waals surface area contributed by atoms with Crippen molar-refractivity contribution in [2.24, 2.45) is 11.8 Å². The zero-order valence-corrected chi connectivity index (χ0v) is 11.9. The van der Waals surface area contributed by atoms with Crippen LogP contribution in [0.2, 0.25) is 0 Å². The zero-order chi connectivity index (χ0) is 14.3. The molecule has 5 nitrogen and oxygen atoms in total. The number of para-hydroxylation sites is 1. The number of aromatic nitrogens is 2. The maximum absolute atomic E-state index is 12.5. The molecule has 106 valence electrons. The first-order valence-corrected chi connectivity index (χ1v) is 6.97. The topological polar surface area (TPSA) is 67.0 Å². The Morgan fingerprint density at radius 2 is 2.00 bits per heavy atom. The van der Waals surface area contributed by atoms with Gasteiger partial charge in [-0.2, -0.15) is 5.10 Å². The number of carbonyl (C=O) groups excluding carboxylic acids is 1. The van der Waals surface area contributed by atoms with E-state index in [1.807, 2.05) is 38.1 Å². The minimum atomic E-state index is -0.138. The highest BCUT2D eigenvalue weighted by molar-refractivity contribution is 6.00. The van der Waals surface area contributed by atoms with E-state index in [1.54, 1.807) is 0 Å². The highest BCUT2D eigenvalue weighted by Crippen LogP contribution is 2.33. The van der Waals surface area contributed by atoms with Gasteiger partial charge in [0.1, 0.15) is 0 Å². The first-order chi connectivity index (χ1) is 9.58. The number of carbonyl (C=O) groups is 1. The molecule has 1 amide bonds. The van der Waals surface area contributed by atoms with Crippen molar-refractivity contribution in [3.05, 3.63) is 24.3 Å². The Bertz CT molecular complexity index is 637. The Labute approximate surface area is 117 Å². The maximum atomic E-state index is 12.5. The van der Waals surface area contributed by atoms with Gasteiger partial charge in [-0.1, -0.05) is 19.1 Å². The monoisotopic (exact) mass is 273 g/mol. The van der Waals surface area contributed by atoms with Crippen molar-refractivity contribution in [3.63, 3.8) is 0 Å². The fourth-order valence-electron chi connectivity index (χ4n) is 2.98. The summed E-state index contributed by atoms with van der Waals surface area (Å²) in [6.45, 7) is 6.02. The third-order valence-electron chi connectivity index (χ3n) is 4.26. The lowest BCUT2D eigenvalue weighted by Crippen LogP contribution is -2.32. The lowest BCUT2D eigenvalue weighted by atomic mass is 9.89. The van der Waals surface area contributed by atoms with E-state index >= 15 is 0 Å². The maximum Gasteiger partial charge on any atom is 0.231 e. The fourth-order valence-corrected chi connectivity index (χ4v) is 2.98. The minimum Gasteiger partial charge on any atom is -0.374 e. The standard InChI is InChI=1S/C15H19N3O2/c1-8-9(2)20-10(3)13(8)15(19)16-14-11-6-4-5-7-12(11)17-18-14/h4-10,13H,1-3H3,(H2,16,17,18,19). The molecule has 0 radical (unpaired) electrons. The van der Waals surface area contributed by atoms with Gasteiger partial charge in [0, 0.05) is 5.39 Å². The van der Waals surface area contributed by atoms with E-state index in [9.17, 15) is 4.79 Å². The molecule has 1 saturated heterocycles. The number of rotatable bonds is 2. The number of aromatic amines is 1. The van der Waals surface area contributed by atoms with Gasteiger partial charge in [-0.25, -0.2) is 0 Å². The Morgan fingerprint density at radius 3 is 2.70 bits per heavy atom. The predicted octanol–water partition coefficient (Wildman–Crippen LogP) is 2.56. The third kappa shape index (κ3) is 2.08. The Balaban J connectivity index is 1.82. The van der Waals surface area contributed by atoms with Crippen LogP contribution in [0.25, 0.3) is 10.9 Å². The van der Waals surface area contributed by atoms with Gasteiger partial charge in [0.2, 0.25) is 5.91 Å². The first-order valence-electron chi connectivity index (χ1n) is 6.97. The molecule has 4 atom stereocenters. The minimum absolute atomic E-state index is 0.0217. The van der Waals surface area contributed by atoms with Crippen molar-refractivity contribution in [2.75, 3.05) is 5.32 Å². The van der Waals surface area contributed by atoms with Gasteiger partial charge in [-0.05, 0) is 31.9 Å². The van der Waals surface area contributed by atoms with Crippen molar-refractivity contribution >= 4 is 22.6 Å². The van der Waals surface area contributed by atoms with E-state index in [0.29, 0.717) is 5.82 Å². The molecule has 0 aliphatic carbocycles. The number of hydrogen-bond acceptors (Lipinski definition) is 3.